The summed E-state index contributed by atoms with van der Waals surface area (Å²) >= 11 is 0. The number of ether oxygens (including phenoxy) is 1. The standard InChI is InChI=1S/C15H18N2O4/c1-11(5-6-14-4-3-7-21-14)16-12-8-13(17(18)19)10-15(9-12)20-2/h3-4,7-11,16H,5-6H2,1-2H3. The number of nitrogens with zero attached hydrogens (tertiary/aromatic N) is 1. The zero-order valence-electron chi connectivity index (χ0n) is 12.0. The van der Waals surface area contributed by atoms with Gasteiger partial charge in [0.2, 0.25) is 0 Å². The van der Waals surface area contributed by atoms with Crippen LogP contribution in [0.2, 0.25) is 0 Å². The minimum atomic E-state index is -0.429. The highest BCUT2D eigenvalue weighted by atomic mass is 16.6. The molecule has 1 heterocycles. The van der Waals surface area contributed by atoms with Gasteiger partial charge in [0, 0.05) is 30.3 Å². The Bertz CT molecular complexity index is 596. The molecule has 1 N–H and O–H groups in total. The largest absolute Gasteiger partial charge is 0.496 e. The number of anilines is 1. The topological polar surface area (TPSA) is 77.5 Å². The molecule has 21 heavy (non-hydrogen) atoms. The van der Waals surface area contributed by atoms with Crippen LogP contribution in [0.3, 0.4) is 0 Å². The molecule has 1 aromatic heterocycles. The van der Waals surface area contributed by atoms with E-state index in [4.69, 9.17) is 9.15 Å². The predicted molar refractivity (Wildman–Crippen MR) is 79.8 cm³/mol. The van der Waals surface area contributed by atoms with Gasteiger partial charge in [0.05, 0.1) is 24.4 Å². The fourth-order valence-electron chi connectivity index (χ4n) is 2.06. The lowest BCUT2D eigenvalue weighted by atomic mass is 10.1. The number of methoxy groups -OCH3 is 1. The molecule has 1 atom stereocenters. The smallest absolute Gasteiger partial charge is 0.275 e. The van der Waals surface area contributed by atoms with Crippen LogP contribution >= 0.6 is 0 Å². The number of aryl methyl sites for hydroxylation is 1. The molecule has 1 unspecified atom stereocenters. The highest BCUT2D eigenvalue weighted by Crippen LogP contribution is 2.26. The van der Waals surface area contributed by atoms with Gasteiger partial charge in [0.15, 0.2) is 0 Å². The minimum absolute atomic E-state index is 0.00934. The summed E-state index contributed by atoms with van der Waals surface area (Å²) in [7, 11) is 1.49. The van der Waals surface area contributed by atoms with E-state index in [2.05, 4.69) is 5.32 Å². The summed E-state index contributed by atoms with van der Waals surface area (Å²) in [5.41, 5.74) is 0.683. The Morgan fingerprint density at radius 3 is 2.86 bits per heavy atom. The fourth-order valence-corrected chi connectivity index (χ4v) is 2.06. The average molecular weight is 290 g/mol. The van der Waals surface area contributed by atoms with Crippen molar-refractivity contribution >= 4 is 11.4 Å². The third-order valence-electron chi connectivity index (χ3n) is 3.15. The number of furan rings is 1. The fraction of sp³-hybridized carbons (Fsp3) is 0.333. The maximum Gasteiger partial charge on any atom is 0.275 e. The third-order valence-corrected chi connectivity index (χ3v) is 3.15. The summed E-state index contributed by atoms with van der Waals surface area (Å²) in [5, 5.41) is 14.1. The van der Waals surface area contributed by atoms with Crippen molar-refractivity contribution < 1.29 is 14.1 Å². The molecule has 0 bridgehead atoms. The number of hydrogen-bond acceptors (Lipinski definition) is 5. The van der Waals surface area contributed by atoms with E-state index in [1.165, 1.54) is 19.2 Å². The van der Waals surface area contributed by atoms with E-state index < -0.39 is 4.92 Å². The second-order valence-electron chi connectivity index (χ2n) is 4.84. The molecule has 0 fully saturated rings. The maximum atomic E-state index is 10.9. The van der Waals surface area contributed by atoms with Crippen LogP contribution in [0.1, 0.15) is 19.1 Å². The van der Waals surface area contributed by atoms with Crippen molar-refractivity contribution in [2.45, 2.75) is 25.8 Å². The molecule has 1 aromatic carbocycles. The molecule has 112 valence electrons. The molecule has 0 amide bonds. The number of benzene rings is 1. The number of nitro benzene ring substituents is 1. The molecule has 6 heteroatoms. The number of nitro groups is 1. The Morgan fingerprint density at radius 1 is 1.43 bits per heavy atom. The summed E-state index contributed by atoms with van der Waals surface area (Å²) in [4.78, 5) is 10.5. The number of non-ortho nitro benzene ring substituents is 1. The number of rotatable bonds is 7. The van der Waals surface area contributed by atoms with E-state index >= 15 is 0 Å². The first-order chi connectivity index (χ1) is 10.1. The molecule has 2 aromatic rings. The van der Waals surface area contributed by atoms with Crippen molar-refractivity contribution in [2.24, 2.45) is 0 Å². The summed E-state index contributed by atoms with van der Waals surface area (Å²) in [6.45, 7) is 2.02. The third kappa shape index (κ3) is 4.24. The van der Waals surface area contributed by atoms with E-state index in [0.717, 1.165) is 18.6 Å². The molecular formula is C15H18N2O4. The Balaban J connectivity index is 2.00. The summed E-state index contributed by atoms with van der Waals surface area (Å²) < 4.78 is 10.4. The summed E-state index contributed by atoms with van der Waals surface area (Å²) in [5.74, 6) is 1.39. The Labute approximate surface area is 122 Å². The second-order valence-corrected chi connectivity index (χ2v) is 4.84. The molecule has 0 aliphatic rings. The highest BCUT2D eigenvalue weighted by molar-refractivity contribution is 5.56. The molecule has 0 radical (unpaired) electrons. The van der Waals surface area contributed by atoms with Gasteiger partial charge in [-0.15, -0.1) is 0 Å². The van der Waals surface area contributed by atoms with Crippen LogP contribution in [-0.2, 0) is 6.42 Å². The maximum absolute atomic E-state index is 10.9. The van der Waals surface area contributed by atoms with Crippen LogP contribution in [-0.4, -0.2) is 18.1 Å². The quantitative estimate of drug-likeness (QED) is 0.622. The van der Waals surface area contributed by atoms with Crippen LogP contribution in [0.15, 0.2) is 41.0 Å². The first kappa shape index (κ1) is 14.9. The second kappa shape index (κ2) is 6.78. The normalized spacial score (nSPS) is 11.9. The Morgan fingerprint density at radius 2 is 2.24 bits per heavy atom. The molecule has 0 spiro atoms. The van der Waals surface area contributed by atoms with E-state index in [0.29, 0.717) is 11.4 Å². The molecule has 0 aliphatic heterocycles. The van der Waals surface area contributed by atoms with Gasteiger partial charge in [-0.05, 0) is 25.5 Å². The highest BCUT2D eigenvalue weighted by Gasteiger charge is 2.12. The average Bonchev–Trinajstić information content (AvgIpc) is 2.98. The van der Waals surface area contributed by atoms with Crippen LogP contribution in [0.4, 0.5) is 11.4 Å². The lowest BCUT2D eigenvalue weighted by molar-refractivity contribution is -0.384. The zero-order chi connectivity index (χ0) is 15.2. The van der Waals surface area contributed by atoms with Gasteiger partial charge in [-0.2, -0.15) is 0 Å². The lowest BCUT2D eigenvalue weighted by Crippen LogP contribution is -2.16. The van der Waals surface area contributed by atoms with Crippen molar-refractivity contribution in [3.05, 3.63) is 52.5 Å². The van der Waals surface area contributed by atoms with Gasteiger partial charge < -0.3 is 14.5 Å². The van der Waals surface area contributed by atoms with E-state index in [1.54, 1.807) is 12.3 Å². The molecule has 2 rings (SSSR count). The van der Waals surface area contributed by atoms with E-state index in [9.17, 15) is 10.1 Å². The number of hydrogen-bond donors (Lipinski definition) is 1. The minimum Gasteiger partial charge on any atom is -0.496 e. The van der Waals surface area contributed by atoms with Gasteiger partial charge in [-0.1, -0.05) is 0 Å². The van der Waals surface area contributed by atoms with Crippen molar-refractivity contribution in [3.63, 3.8) is 0 Å². The zero-order valence-corrected chi connectivity index (χ0v) is 12.0. The predicted octanol–water partition coefficient (Wildman–Crippen LogP) is 3.63. The molecule has 6 nitrogen and oxygen atoms in total. The Hall–Kier alpha value is -2.50. The molecule has 0 aliphatic carbocycles. The van der Waals surface area contributed by atoms with Crippen LogP contribution in [0.5, 0.6) is 5.75 Å². The SMILES string of the molecule is COc1cc(NC(C)CCc2ccco2)cc([N+](=O)[O-])c1. The van der Waals surface area contributed by atoms with Crippen LogP contribution in [0.25, 0.3) is 0 Å². The van der Waals surface area contributed by atoms with Gasteiger partial charge in [-0.25, -0.2) is 0 Å². The van der Waals surface area contributed by atoms with E-state index in [-0.39, 0.29) is 11.7 Å². The van der Waals surface area contributed by atoms with Gasteiger partial charge in [0.1, 0.15) is 11.5 Å². The van der Waals surface area contributed by atoms with Crippen molar-refractivity contribution in [1.82, 2.24) is 0 Å². The van der Waals surface area contributed by atoms with Gasteiger partial charge in [0.25, 0.3) is 5.69 Å². The van der Waals surface area contributed by atoms with Crippen molar-refractivity contribution in [1.29, 1.82) is 0 Å². The van der Waals surface area contributed by atoms with Gasteiger partial charge >= 0.3 is 0 Å². The Kier molecular flexibility index (Phi) is 4.81. The first-order valence-electron chi connectivity index (χ1n) is 6.71. The lowest BCUT2D eigenvalue weighted by Gasteiger charge is -2.15. The molecular weight excluding hydrogens is 272 g/mol. The monoisotopic (exact) mass is 290 g/mol. The number of nitrogens with one attached hydrogen (secondary N) is 1. The van der Waals surface area contributed by atoms with Crippen molar-refractivity contribution in [2.75, 3.05) is 12.4 Å². The molecule has 0 saturated carbocycles. The first-order valence-corrected chi connectivity index (χ1v) is 6.71. The molecule has 0 saturated heterocycles. The summed E-state index contributed by atoms with van der Waals surface area (Å²) in [6, 6.07) is 8.60. The van der Waals surface area contributed by atoms with Crippen molar-refractivity contribution in [3.8, 4) is 5.75 Å². The summed E-state index contributed by atoms with van der Waals surface area (Å²) in [6.07, 6.45) is 3.32. The van der Waals surface area contributed by atoms with Gasteiger partial charge in [-0.3, -0.25) is 10.1 Å². The van der Waals surface area contributed by atoms with E-state index in [1.807, 2.05) is 19.1 Å². The van der Waals surface area contributed by atoms with Crippen LogP contribution in [0, 0.1) is 10.1 Å². The van der Waals surface area contributed by atoms with Crippen LogP contribution < -0.4 is 10.1 Å².